The SMILES string of the molecule is CCCn1c(=NC(=O)c2ccc([N+](=O)[O-])cc2)sc2cc(OCC)ccc21. The molecule has 3 aromatic rings. The van der Waals surface area contributed by atoms with Gasteiger partial charge < -0.3 is 9.30 Å². The van der Waals surface area contributed by atoms with E-state index in [1.54, 1.807) is 0 Å². The number of nitro groups is 1. The van der Waals surface area contributed by atoms with Crippen LogP contribution in [0, 0.1) is 10.1 Å². The molecule has 3 rings (SSSR count). The first kappa shape index (κ1) is 18.8. The molecule has 27 heavy (non-hydrogen) atoms. The van der Waals surface area contributed by atoms with E-state index >= 15 is 0 Å². The molecule has 0 aliphatic heterocycles. The number of rotatable bonds is 6. The van der Waals surface area contributed by atoms with Crippen molar-refractivity contribution in [1.82, 2.24) is 4.57 Å². The van der Waals surface area contributed by atoms with Crippen LogP contribution in [0.3, 0.4) is 0 Å². The first-order chi connectivity index (χ1) is 13.0. The molecule has 0 saturated heterocycles. The first-order valence-corrected chi connectivity index (χ1v) is 9.44. The molecular formula is C19H19N3O4S. The van der Waals surface area contributed by atoms with Crippen LogP contribution in [-0.2, 0) is 6.54 Å². The van der Waals surface area contributed by atoms with E-state index in [1.165, 1.54) is 35.6 Å². The number of carbonyl (C=O) groups excluding carboxylic acids is 1. The number of carbonyl (C=O) groups is 1. The van der Waals surface area contributed by atoms with Gasteiger partial charge in [0.25, 0.3) is 11.6 Å². The maximum atomic E-state index is 12.5. The molecule has 0 fully saturated rings. The Bertz CT molecular complexity index is 1050. The topological polar surface area (TPSA) is 86.7 Å². The Morgan fingerprint density at radius 3 is 2.59 bits per heavy atom. The van der Waals surface area contributed by atoms with Crippen LogP contribution in [0.2, 0.25) is 0 Å². The highest BCUT2D eigenvalue weighted by Gasteiger charge is 2.11. The smallest absolute Gasteiger partial charge is 0.279 e. The van der Waals surface area contributed by atoms with Crippen LogP contribution < -0.4 is 9.54 Å². The number of aryl methyl sites for hydroxylation is 1. The van der Waals surface area contributed by atoms with Crippen molar-refractivity contribution in [2.24, 2.45) is 4.99 Å². The van der Waals surface area contributed by atoms with Crippen molar-refractivity contribution in [2.45, 2.75) is 26.8 Å². The Balaban J connectivity index is 2.03. The summed E-state index contributed by atoms with van der Waals surface area (Å²) in [7, 11) is 0. The van der Waals surface area contributed by atoms with Gasteiger partial charge >= 0.3 is 0 Å². The molecule has 0 unspecified atom stereocenters. The number of nitrogens with zero attached hydrogens (tertiary/aromatic N) is 3. The minimum absolute atomic E-state index is 0.0575. The monoisotopic (exact) mass is 385 g/mol. The Hall–Kier alpha value is -3.00. The zero-order valence-electron chi connectivity index (χ0n) is 15.0. The number of thiazole rings is 1. The van der Waals surface area contributed by atoms with E-state index in [0.717, 1.165) is 28.9 Å². The first-order valence-electron chi connectivity index (χ1n) is 8.63. The van der Waals surface area contributed by atoms with Crippen LogP contribution in [0.4, 0.5) is 5.69 Å². The van der Waals surface area contributed by atoms with Crippen molar-refractivity contribution in [3.63, 3.8) is 0 Å². The van der Waals surface area contributed by atoms with Gasteiger partial charge in [-0.25, -0.2) is 0 Å². The molecule has 8 heteroatoms. The summed E-state index contributed by atoms with van der Waals surface area (Å²) in [5, 5.41) is 10.7. The second kappa shape index (κ2) is 8.13. The van der Waals surface area contributed by atoms with Crippen LogP contribution >= 0.6 is 11.3 Å². The molecule has 0 bridgehead atoms. The molecule has 0 aliphatic rings. The third kappa shape index (κ3) is 4.06. The van der Waals surface area contributed by atoms with E-state index in [2.05, 4.69) is 11.9 Å². The predicted molar refractivity (Wildman–Crippen MR) is 104 cm³/mol. The largest absolute Gasteiger partial charge is 0.494 e. The van der Waals surface area contributed by atoms with Gasteiger partial charge in [-0.3, -0.25) is 14.9 Å². The average Bonchev–Trinajstić information content (AvgIpc) is 2.99. The highest BCUT2D eigenvalue weighted by molar-refractivity contribution is 7.16. The summed E-state index contributed by atoms with van der Waals surface area (Å²) in [5.74, 6) is 0.356. The van der Waals surface area contributed by atoms with Gasteiger partial charge in [-0.1, -0.05) is 18.3 Å². The molecule has 140 valence electrons. The van der Waals surface area contributed by atoms with Gasteiger partial charge in [-0.2, -0.15) is 4.99 Å². The zero-order chi connectivity index (χ0) is 19.4. The second-order valence-electron chi connectivity index (χ2n) is 5.82. The minimum atomic E-state index is -0.497. The quantitative estimate of drug-likeness (QED) is 0.471. The Kier molecular flexibility index (Phi) is 5.66. The van der Waals surface area contributed by atoms with Gasteiger partial charge in [0.2, 0.25) is 0 Å². The normalized spacial score (nSPS) is 11.7. The van der Waals surface area contributed by atoms with E-state index in [9.17, 15) is 14.9 Å². The van der Waals surface area contributed by atoms with Gasteiger partial charge in [-0.15, -0.1) is 0 Å². The number of fused-ring (bicyclic) bond motifs is 1. The molecule has 0 spiro atoms. The van der Waals surface area contributed by atoms with Gasteiger partial charge in [0, 0.05) is 24.2 Å². The number of ether oxygens (including phenoxy) is 1. The van der Waals surface area contributed by atoms with Gasteiger partial charge in [0.15, 0.2) is 4.80 Å². The number of amides is 1. The Morgan fingerprint density at radius 2 is 1.96 bits per heavy atom. The minimum Gasteiger partial charge on any atom is -0.494 e. The molecule has 2 aromatic carbocycles. The van der Waals surface area contributed by atoms with Crippen molar-refractivity contribution in [2.75, 3.05) is 6.61 Å². The van der Waals surface area contributed by atoms with Gasteiger partial charge in [0.05, 0.1) is 21.7 Å². The van der Waals surface area contributed by atoms with Crippen molar-refractivity contribution in [3.8, 4) is 5.75 Å². The molecule has 0 atom stereocenters. The maximum absolute atomic E-state index is 12.5. The number of benzene rings is 2. The molecule has 1 heterocycles. The lowest BCUT2D eigenvalue weighted by molar-refractivity contribution is -0.384. The summed E-state index contributed by atoms with van der Waals surface area (Å²) >= 11 is 1.42. The van der Waals surface area contributed by atoms with E-state index < -0.39 is 10.8 Å². The van der Waals surface area contributed by atoms with Crippen molar-refractivity contribution < 1.29 is 14.5 Å². The third-order valence-electron chi connectivity index (χ3n) is 3.93. The van der Waals surface area contributed by atoms with E-state index in [-0.39, 0.29) is 5.69 Å². The van der Waals surface area contributed by atoms with Crippen LogP contribution in [0.25, 0.3) is 10.2 Å². The fourth-order valence-corrected chi connectivity index (χ4v) is 3.80. The number of hydrogen-bond acceptors (Lipinski definition) is 5. The molecule has 7 nitrogen and oxygen atoms in total. The van der Waals surface area contributed by atoms with Crippen LogP contribution in [0.5, 0.6) is 5.75 Å². The van der Waals surface area contributed by atoms with Gasteiger partial charge in [0.1, 0.15) is 5.75 Å². The molecule has 1 amide bonds. The fourth-order valence-electron chi connectivity index (χ4n) is 2.71. The van der Waals surface area contributed by atoms with Crippen molar-refractivity contribution >= 4 is 33.1 Å². The summed E-state index contributed by atoms with van der Waals surface area (Å²) in [5.41, 5.74) is 1.26. The van der Waals surface area contributed by atoms with Crippen LogP contribution in [0.1, 0.15) is 30.6 Å². The third-order valence-corrected chi connectivity index (χ3v) is 4.98. The van der Waals surface area contributed by atoms with Crippen molar-refractivity contribution in [1.29, 1.82) is 0 Å². The average molecular weight is 385 g/mol. The number of non-ortho nitro benzene ring substituents is 1. The molecule has 1 aromatic heterocycles. The Morgan fingerprint density at radius 1 is 1.22 bits per heavy atom. The molecule has 0 saturated carbocycles. The standard InChI is InChI=1S/C19H19N3O4S/c1-3-11-21-16-10-9-15(26-4-2)12-17(16)27-19(21)20-18(23)13-5-7-14(8-6-13)22(24)25/h5-10,12H,3-4,11H2,1-2H3. The van der Waals surface area contributed by atoms with Crippen LogP contribution in [-0.4, -0.2) is 22.0 Å². The highest BCUT2D eigenvalue weighted by Crippen LogP contribution is 2.24. The summed E-state index contributed by atoms with van der Waals surface area (Å²) in [6, 6.07) is 11.3. The molecule has 0 radical (unpaired) electrons. The lowest BCUT2D eigenvalue weighted by Gasteiger charge is -2.05. The summed E-state index contributed by atoms with van der Waals surface area (Å²) in [4.78, 5) is 27.6. The van der Waals surface area contributed by atoms with Crippen molar-refractivity contribution in [3.05, 3.63) is 62.9 Å². The predicted octanol–water partition coefficient (Wildman–Crippen LogP) is 4.16. The zero-order valence-corrected chi connectivity index (χ0v) is 15.9. The highest BCUT2D eigenvalue weighted by atomic mass is 32.1. The molecular weight excluding hydrogens is 366 g/mol. The number of nitro benzene ring substituents is 1. The molecule has 0 aliphatic carbocycles. The Labute approximate surface area is 159 Å². The lowest BCUT2D eigenvalue weighted by Crippen LogP contribution is -2.16. The summed E-state index contributed by atoms with van der Waals surface area (Å²) < 4.78 is 8.55. The second-order valence-corrected chi connectivity index (χ2v) is 6.83. The number of hydrogen-bond donors (Lipinski definition) is 0. The number of aromatic nitrogens is 1. The molecule has 0 N–H and O–H groups in total. The van der Waals surface area contributed by atoms with Gasteiger partial charge in [-0.05, 0) is 43.7 Å². The van der Waals surface area contributed by atoms with E-state index in [0.29, 0.717) is 17.0 Å². The van der Waals surface area contributed by atoms with Crippen LogP contribution in [0.15, 0.2) is 47.5 Å². The summed E-state index contributed by atoms with van der Waals surface area (Å²) in [6.07, 6.45) is 0.901. The van der Waals surface area contributed by atoms with E-state index in [4.69, 9.17) is 4.74 Å². The summed E-state index contributed by atoms with van der Waals surface area (Å²) in [6.45, 7) is 5.31. The maximum Gasteiger partial charge on any atom is 0.279 e. The fraction of sp³-hybridized carbons (Fsp3) is 0.263. The lowest BCUT2D eigenvalue weighted by atomic mass is 10.2. The van der Waals surface area contributed by atoms with E-state index in [1.807, 2.05) is 29.7 Å².